The van der Waals surface area contributed by atoms with Crippen LogP contribution in [0.2, 0.25) is 0 Å². The van der Waals surface area contributed by atoms with Crippen LogP contribution in [0.1, 0.15) is 33.6 Å². The molecule has 0 aliphatic rings. The highest BCUT2D eigenvalue weighted by Gasteiger charge is 2.10. The van der Waals surface area contributed by atoms with Crippen molar-refractivity contribution in [3.63, 3.8) is 0 Å². The van der Waals surface area contributed by atoms with Gasteiger partial charge in [-0.3, -0.25) is 0 Å². The second-order valence-corrected chi connectivity index (χ2v) is 6.40. The predicted molar refractivity (Wildman–Crippen MR) is 87.2 cm³/mol. The molecule has 0 saturated carbocycles. The quantitative estimate of drug-likeness (QED) is 0.719. The number of nitrogens with one attached hydrogen (secondary N) is 1. The summed E-state index contributed by atoms with van der Waals surface area (Å²) in [6.07, 6.45) is 1.84. The Morgan fingerprint density at radius 1 is 1.35 bits per heavy atom. The minimum atomic E-state index is -0.492. The highest BCUT2D eigenvalue weighted by Crippen LogP contribution is 2.17. The van der Waals surface area contributed by atoms with Crippen molar-refractivity contribution < 1.29 is 9.84 Å². The normalized spacial score (nSPS) is 15.7. The Kier molecular flexibility index (Phi) is 8.19. The van der Waals surface area contributed by atoms with Crippen molar-refractivity contribution >= 4 is 15.9 Å². The molecule has 0 heterocycles. The molecule has 2 N–H and O–H groups in total. The molecule has 0 aliphatic heterocycles. The van der Waals surface area contributed by atoms with Crippen molar-refractivity contribution in [2.75, 3.05) is 13.2 Å². The van der Waals surface area contributed by atoms with Gasteiger partial charge in [-0.2, -0.15) is 0 Å². The lowest BCUT2D eigenvalue weighted by atomic mass is 10.0. The molecule has 114 valence electrons. The second-order valence-electron chi connectivity index (χ2n) is 5.48. The van der Waals surface area contributed by atoms with Gasteiger partial charge in [-0.15, -0.1) is 0 Å². The standard InChI is InChI=1S/C16H26BrNO2/c1-4-12(2)8-13(3)18-10-15(19)11-20-16-7-5-6-14(17)9-16/h5-7,9,12-13,15,18-19H,4,8,10-11H2,1-3H3. The largest absolute Gasteiger partial charge is 0.491 e. The Labute approximate surface area is 130 Å². The molecule has 1 aromatic carbocycles. The van der Waals surface area contributed by atoms with E-state index in [4.69, 9.17) is 4.74 Å². The zero-order valence-corrected chi connectivity index (χ0v) is 14.2. The first-order valence-electron chi connectivity index (χ1n) is 7.31. The Morgan fingerprint density at radius 3 is 2.75 bits per heavy atom. The lowest BCUT2D eigenvalue weighted by Gasteiger charge is -2.20. The zero-order valence-electron chi connectivity index (χ0n) is 12.6. The van der Waals surface area contributed by atoms with Crippen LogP contribution >= 0.6 is 15.9 Å². The van der Waals surface area contributed by atoms with E-state index in [2.05, 4.69) is 42.0 Å². The van der Waals surface area contributed by atoms with Crippen LogP contribution in [0.15, 0.2) is 28.7 Å². The van der Waals surface area contributed by atoms with Gasteiger partial charge in [0.1, 0.15) is 18.5 Å². The Hall–Kier alpha value is -0.580. The first kappa shape index (κ1) is 17.5. The smallest absolute Gasteiger partial charge is 0.120 e. The molecule has 3 unspecified atom stereocenters. The summed E-state index contributed by atoms with van der Waals surface area (Å²) in [5.41, 5.74) is 0. The third-order valence-corrected chi connectivity index (χ3v) is 3.89. The third-order valence-electron chi connectivity index (χ3n) is 3.39. The van der Waals surface area contributed by atoms with Crippen LogP contribution in [0.5, 0.6) is 5.75 Å². The summed E-state index contributed by atoms with van der Waals surface area (Å²) in [7, 11) is 0. The molecular formula is C16H26BrNO2. The van der Waals surface area contributed by atoms with Crippen LogP contribution in [0, 0.1) is 5.92 Å². The van der Waals surface area contributed by atoms with Crippen molar-refractivity contribution in [2.24, 2.45) is 5.92 Å². The molecular weight excluding hydrogens is 318 g/mol. The van der Waals surface area contributed by atoms with E-state index in [0.717, 1.165) is 16.6 Å². The first-order chi connectivity index (χ1) is 9.51. The van der Waals surface area contributed by atoms with Gasteiger partial charge in [-0.05, 0) is 37.5 Å². The van der Waals surface area contributed by atoms with E-state index in [1.165, 1.54) is 6.42 Å². The lowest BCUT2D eigenvalue weighted by Crippen LogP contribution is -2.37. The van der Waals surface area contributed by atoms with Gasteiger partial charge >= 0.3 is 0 Å². The topological polar surface area (TPSA) is 41.5 Å². The van der Waals surface area contributed by atoms with E-state index in [0.29, 0.717) is 25.1 Å². The predicted octanol–water partition coefficient (Wildman–Crippen LogP) is 3.60. The van der Waals surface area contributed by atoms with Crippen molar-refractivity contribution in [3.05, 3.63) is 28.7 Å². The zero-order chi connectivity index (χ0) is 15.0. The number of hydrogen-bond acceptors (Lipinski definition) is 3. The molecule has 4 heteroatoms. The number of rotatable bonds is 9. The molecule has 0 amide bonds. The molecule has 0 saturated heterocycles. The average Bonchev–Trinajstić information content (AvgIpc) is 2.42. The number of halogens is 1. The molecule has 0 aliphatic carbocycles. The van der Waals surface area contributed by atoms with Gasteiger partial charge in [0.15, 0.2) is 0 Å². The van der Waals surface area contributed by atoms with Crippen LogP contribution in [0.3, 0.4) is 0 Å². The van der Waals surface area contributed by atoms with Crippen molar-refractivity contribution in [1.29, 1.82) is 0 Å². The van der Waals surface area contributed by atoms with Gasteiger partial charge in [-0.1, -0.05) is 42.3 Å². The number of aliphatic hydroxyl groups is 1. The van der Waals surface area contributed by atoms with E-state index in [1.807, 2.05) is 24.3 Å². The highest BCUT2D eigenvalue weighted by molar-refractivity contribution is 9.10. The Morgan fingerprint density at radius 2 is 2.10 bits per heavy atom. The van der Waals surface area contributed by atoms with Gasteiger partial charge < -0.3 is 15.2 Å². The third kappa shape index (κ3) is 7.27. The molecule has 0 aromatic heterocycles. The fraction of sp³-hybridized carbons (Fsp3) is 0.625. The number of ether oxygens (including phenoxy) is 1. The van der Waals surface area contributed by atoms with Crippen molar-refractivity contribution in [1.82, 2.24) is 5.32 Å². The highest BCUT2D eigenvalue weighted by atomic mass is 79.9. The molecule has 3 atom stereocenters. The first-order valence-corrected chi connectivity index (χ1v) is 8.10. The molecule has 1 aromatic rings. The van der Waals surface area contributed by atoms with Crippen LogP contribution < -0.4 is 10.1 Å². The van der Waals surface area contributed by atoms with Crippen molar-refractivity contribution in [3.8, 4) is 5.75 Å². The summed E-state index contributed by atoms with van der Waals surface area (Å²) in [6, 6.07) is 8.06. The lowest BCUT2D eigenvalue weighted by molar-refractivity contribution is 0.103. The minimum Gasteiger partial charge on any atom is -0.491 e. The van der Waals surface area contributed by atoms with E-state index >= 15 is 0 Å². The number of benzene rings is 1. The van der Waals surface area contributed by atoms with Crippen LogP contribution in [-0.2, 0) is 0 Å². The number of hydrogen-bond donors (Lipinski definition) is 2. The Bertz CT molecular complexity index is 386. The van der Waals surface area contributed by atoms with Crippen LogP contribution in [-0.4, -0.2) is 30.4 Å². The summed E-state index contributed by atoms with van der Waals surface area (Å²) in [4.78, 5) is 0. The van der Waals surface area contributed by atoms with Gasteiger partial charge in [0.05, 0.1) is 0 Å². The fourth-order valence-electron chi connectivity index (χ4n) is 2.00. The molecule has 20 heavy (non-hydrogen) atoms. The monoisotopic (exact) mass is 343 g/mol. The summed E-state index contributed by atoms with van der Waals surface area (Å²) in [5.74, 6) is 1.48. The van der Waals surface area contributed by atoms with E-state index in [-0.39, 0.29) is 0 Å². The minimum absolute atomic E-state index is 0.305. The SMILES string of the molecule is CCC(C)CC(C)NCC(O)COc1cccc(Br)c1. The van der Waals surface area contributed by atoms with Gasteiger partial charge in [0, 0.05) is 17.1 Å². The van der Waals surface area contributed by atoms with Gasteiger partial charge in [0.25, 0.3) is 0 Å². The van der Waals surface area contributed by atoms with E-state index < -0.39 is 6.10 Å². The van der Waals surface area contributed by atoms with Gasteiger partial charge in [0.2, 0.25) is 0 Å². The van der Waals surface area contributed by atoms with Gasteiger partial charge in [-0.25, -0.2) is 0 Å². The fourth-order valence-corrected chi connectivity index (χ4v) is 2.38. The molecule has 0 fully saturated rings. The maximum Gasteiger partial charge on any atom is 0.120 e. The number of aliphatic hydroxyl groups excluding tert-OH is 1. The molecule has 0 radical (unpaired) electrons. The molecule has 0 spiro atoms. The summed E-state index contributed by atoms with van der Waals surface area (Å²) < 4.78 is 6.54. The molecule has 1 rings (SSSR count). The van der Waals surface area contributed by atoms with E-state index in [9.17, 15) is 5.11 Å². The Balaban J connectivity index is 2.21. The summed E-state index contributed by atoms with van der Waals surface area (Å²) in [5, 5.41) is 13.3. The molecule has 0 bridgehead atoms. The van der Waals surface area contributed by atoms with Crippen LogP contribution in [0.4, 0.5) is 0 Å². The average molecular weight is 344 g/mol. The second kappa shape index (κ2) is 9.37. The molecule has 3 nitrogen and oxygen atoms in total. The summed E-state index contributed by atoms with van der Waals surface area (Å²) in [6.45, 7) is 7.49. The van der Waals surface area contributed by atoms with Crippen LogP contribution in [0.25, 0.3) is 0 Å². The van der Waals surface area contributed by atoms with Crippen molar-refractivity contribution in [2.45, 2.75) is 45.8 Å². The van der Waals surface area contributed by atoms with E-state index in [1.54, 1.807) is 0 Å². The maximum atomic E-state index is 9.92. The summed E-state index contributed by atoms with van der Waals surface area (Å²) >= 11 is 3.39. The maximum absolute atomic E-state index is 9.92.